The first-order chi connectivity index (χ1) is 9.79. The number of nitrogens with zero attached hydrogens (tertiary/aromatic N) is 1. The molecule has 21 heavy (non-hydrogen) atoms. The number of hydrogen-bond donors (Lipinski definition) is 2. The smallest absolute Gasteiger partial charge is 0.289 e. The molecule has 2 rings (SSSR count). The summed E-state index contributed by atoms with van der Waals surface area (Å²) in [6.45, 7) is 0. The number of phenols is 1. The third kappa shape index (κ3) is 3.50. The Hall–Kier alpha value is -2.13. The summed E-state index contributed by atoms with van der Waals surface area (Å²) < 4.78 is 27.2. The fraction of sp³-hybridized carbons (Fsp3) is 0. The van der Waals surface area contributed by atoms with E-state index in [1.54, 1.807) is 0 Å². The van der Waals surface area contributed by atoms with Gasteiger partial charge in [0, 0.05) is 16.2 Å². The molecule has 2 aromatic carbocycles. The Morgan fingerprint density at radius 1 is 1.14 bits per heavy atom. The first-order valence-electron chi connectivity index (χ1n) is 5.55. The van der Waals surface area contributed by atoms with E-state index in [0.29, 0.717) is 4.47 Å². The summed E-state index contributed by atoms with van der Waals surface area (Å²) in [5.41, 5.74) is -0.341. The monoisotopic (exact) mass is 372 g/mol. The SMILES string of the molecule is O=[N+]([O-])c1ccc(Br)cc1S(=O)(=O)Nc1ccc(O)cc1. The van der Waals surface area contributed by atoms with Crippen LogP contribution in [0.3, 0.4) is 0 Å². The van der Waals surface area contributed by atoms with E-state index >= 15 is 0 Å². The van der Waals surface area contributed by atoms with Gasteiger partial charge in [0.15, 0.2) is 4.90 Å². The van der Waals surface area contributed by atoms with Crippen LogP contribution in [0.15, 0.2) is 51.8 Å². The highest BCUT2D eigenvalue weighted by Gasteiger charge is 2.26. The van der Waals surface area contributed by atoms with Gasteiger partial charge in [-0.3, -0.25) is 14.8 Å². The molecule has 0 fully saturated rings. The molecular formula is C12H9BrN2O5S. The standard InChI is InChI=1S/C12H9BrN2O5S/c13-8-1-6-11(15(17)18)12(7-8)21(19,20)14-9-2-4-10(16)5-3-9/h1-7,14,16H. The predicted molar refractivity (Wildman–Crippen MR) is 79.7 cm³/mol. The molecule has 0 radical (unpaired) electrons. The molecule has 0 atom stereocenters. The van der Waals surface area contributed by atoms with Crippen LogP contribution in [0.1, 0.15) is 0 Å². The number of aromatic hydroxyl groups is 1. The van der Waals surface area contributed by atoms with Crippen LogP contribution in [0.2, 0.25) is 0 Å². The van der Waals surface area contributed by atoms with Crippen molar-refractivity contribution >= 4 is 37.3 Å². The van der Waals surface area contributed by atoms with Crippen LogP contribution in [0.5, 0.6) is 5.75 Å². The third-order valence-corrected chi connectivity index (χ3v) is 4.43. The van der Waals surface area contributed by atoms with E-state index < -0.39 is 25.5 Å². The Kier molecular flexibility index (Phi) is 4.14. The number of phenolic OH excluding ortho intramolecular Hbond substituents is 1. The molecule has 0 aliphatic rings. The van der Waals surface area contributed by atoms with Gasteiger partial charge in [-0.25, -0.2) is 8.42 Å². The minimum absolute atomic E-state index is 0.0219. The van der Waals surface area contributed by atoms with Crippen molar-refractivity contribution in [1.82, 2.24) is 0 Å². The molecule has 0 aliphatic heterocycles. The summed E-state index contributed by atoms with van der Waals surface area (Å²) >= 11 is 3.08. The number of anilines is 1. The van der Waals surface area contributed by atoms with Crippen LogP contribution < -0.4 is 4.72 Å². The molecular weight excluding hydrogens is 364 g/mol. The Morgan fingerprint density at radius 3 is 2.33 bits per heavy atom. The summed E-state index contributed by atoms with van der Waals surface area (Å²) in [5.74, 6) is -0.0219. The molecule has 0 aliphatic carbocycles. The summed E-state index contributed by atoms with van der Waals surface area (Å²) in [5, 5.41) is 20.1. The van der Waals surface area contributed by atoms with Gasteiger partial charge < -0.3 is 5.11 Å². The molecule has 110 valence electrons. The van der Waals surface area contributed by atoms with Crippen molar-refractivity contribution in [2.75, 3.05) is 4.72 Å². The van der Waals surface area contributed by atoms with Crippen LogP contribution >= 0.6 is 15.9 Å². The molecule has 0 unspecified atom stereocenters. The number of nitro benzene ring substituents is 1. The van der Waals surface area contributed by atoms with Gasteiger partial charge in [0.05, 0.1) is 4.92 Å². The topological polar surface area (TPSA) is 110 Å². The fourth-order valence-electron chi connectivity index (χ4n) is 1.59. The van der Waals surface area contributed by atoms with Crippen LogP contribution in [0, 0.1) is 10.1 Å². The summed E-state index contributed by atoms with van der Waals surface area (Å²) in [6.07, 6.45) is 0. The van der Waals surface area contributed by atoms with Crippen molar-refractivity contribution in [3.8, 4) is 5.75 Å². The van der Waals surface area contributed by atoms with E-state index in [1.807, 2.05) is 0 Å². The minimum Gasteiger partial charge on any atom is -0.508 e. The van der Waals surface area contributed by atoms with E-state index in [1.165, 1.54) is 30.3 Å². The molecule has 7 nitrogen and oxygen atoms in total. The first kappa shape index (κ1) is 15.3. The van der Waals surface area contributed by atoms with Crippen LogP contribution in [-0.2, 0) is 10.0 Å². The van der Waals surface area contributed by atoms with Gasteiger partial charge in [0.25, 0.3) is 15.7 Å². The second-order valence-electron chi connectivity index (χ2n) is 4.02. The molecule has 0 bridgehead atoms. The third-order valence-electron chi connectivity index (χ3n) is 2.53. The van der Waals surface area contributed by atoms with Crippen molar-refractivity contribution in [3.05, 3.63) is 57.1 Å². The fourth-order valence-corrected chi connectivity index (χ4v) is 3.36. The Morgan fingerprint density at radius 2 is 1.76 bits per heavy atom. The molecule has 0 heterocycles. The Balaban J connectivity index is 2.46. The quantitative estimate of drug-likeness (QED) is 0.487. The molecule has 0 aromatic heterocycles. The molecule has 0 spiro atoms. The predicted octanol–water partition coefficient (Wildman–Crippen LogP) is 2.86. The molecule has 9 heteroatoms. The molecule has 0 saturated heterocycles. The van der Waals surface area contributed by atoms with Gasteiger partial charge in [-0.05, 0) is 36.4 Å². The van der Waals surface area contributed by atoms with Crippen LogP contribution in [-0.4, -0.2) is 18.4 Å². The maximum Gasteiger partial charge on any atom is 0.289 e. The number of hydrogen-bond acceptors (Lipinski definition) is 5. The number of sulfonamides is 1. The molecule has 0 amide bonds. The van der Waals surface area contributed by atoms with E-state index in [4.69, 9.17) is 5.11 Å². The number of benzene rings is 2. The summed E-state index contributed by atoms with van der Waals surface area (Å²) in [4.78, 5) is 9.73. The number of nitrogens with one attached hydrogen (secondary N) is 1. The van der Waals surface area contributed by atoms with E-state index in [2.05, 4.69) is 20.7 Å². The summed E-state index contributed by atoms with van der Waals surface area (Å²) in [7, 11) is -4.13. The van der Waals surface area contributed by atoms with Crippen LogP contribution in [0.4, 0.5) is 11.4 Å². The van der Waals surface area contributed by atoms with Gasteiger partial charge in [0.1, 0.15) is 5.75 Å². The van der Waals surface area contributed by atoms with E-state index in [-0.39, 0.29) is 11.4 Å². The zero-order valence-corrected chi connectivity index (χ0v) is 12.8. The van der Waals surface area contributed by atoms with Gasteiger partial charge in [-0.1, -0.05) is 15.9 Å². The highest BCUT2D eigenvalue weighted by atomic mass is 79.9. The van der Waals surface area contributed by atoms with Gasteiger partial charge in [-0.2, -0.15) is 0 Å². The lowest BCUT2D eigenvalue weighted by Gasteiger charge is -2.09. The van der Waals surface area contributed by atoms with Crippen molar-refractivity contribution in [2.24, 2.45) is 0 Å². The largest absolute Gasteiger partial charge is 0.508 e. The van der Waals surface area contributed by atoms with Crippen molar-refractivity contribution < 1.29 is 18.4 Å². The lowest BCUT2D eigenvalue weighted by Crippen LogP contribution is -2.14. The second kappa shape index (κ2) is 5.70. The zero-order chi connectivity index (χ0) is 15.6. The lowest BCUT2D eigenvalue weighted by atomic mass is 10.3. The minimum atomic E-state index is -4.13. The summed E-state index contributed by atoms with van der Waals surface area (Å²) in [6, 6.07) is 8.93. The van der Waals surface area contributed by atoms with E-state index in [0.717, 1.165) is 12.1 Å². The van der Waals surface area contributed by atoms with Crippen LogP contribution in [0.25, 0.3) is 0 Å². The van der Waals surface area contributed by atoms with Gasteiger partial charge in [0.2, 0.25) is 0 Å². The van der Waals surface area contributed by atoms with Crippen molar-refractivity contribution in [1.29, 1.82) is 0 Å². The molecule has 2 N–H and O–H groups in total. The highest BCUT2D eigenvalue weighted by Crippen LogP contribution is 2.29. The number of nitro groups is 1. The van der Waals surface area contributed by atoms with Gasteiger partial charge in [-0.15, -0.1) is 0 Å². The average Bonchev–Trinajstić information content (AvgIpc) is 2.41. The maximum absolute atomic E-state index is 12.3. The second-order valence-corrected chi connectivity index (χ2v) is 6.59. The Labute approximate surface area is 128 Å². The Bertz CT molecular complexity index is 790. The van der Waals surface area contributed by atoms with Crippen molar-refractivity contribution in [2.45, 2.75) is 4.90 Å². The maximum atomic E-state index is 12.3. The van der Waals surface area contributed by atoms with E-state index in [9.17, 15) is 18.5 Å². The average molecular weight is 373 g/mol. The number of halogens is 1. The van der Waals surface area contributed by atoms with Gasteiger partial charge >= 0.3 is 0 Å². The van der Waals surface area contributed by atoms with Crippen molar-refractivity contribution in [3.63, 3.8) is 0 Å². The zero-order valence-electron chi connectivity index (χ0n) is 10.4. The molecule has 2 aromatic rings. The lowest BCUT2D eigenvalue weighted by molar-refractivity contribution is -0.387. The first-order valence-corrected chi connectivity index (χ1v) is 7.83. The molecule has 0 saturated carbocycles. The highest BCUT2D eigenvalue weighted by molar-refractivity contribution is 9.10. The number of rotatable bonds is 4. The normalized spacial score (nSPS) is 11.1.